The van der Waals surface area contributed by atoms with Crippen molar-refractivity contribution >= 4 is 22.4 Å². The second-order valence-electron chi connectivity index (χ2n) is 12.7. The SMILES string of the molecule is COc1cc(CN(Cc2cn3c4c(c(C5(N)CC5)c(F)cc4c2=O)OCC3C)[C@H]2CCCN(c3ccc([N+](=O)[O-])nc3)C2)ccn1. The highest BCUT2D eigenvalue weighted by Crippen LogP contribution is 2.50. The van der Waals surface area contributed by atoms with Gasteiger partial charge in [-0.2, -0.15) is 0 Å². The number of pyridine rings is 3. The summed E-state index contributed by atoms with van der Waals surface area (Å²) in [4.78, 5) is 37.5. The molecule has 46 heavy (non-hydrogen) atoms. The van der Waals surface area contributed by atoms with Crippen LogP contribution >= 0.6 is 0 Å². The molecule has 3 aromatic heterocycles. The summed E-state index contributed by atoms with van der Waals surface area (Å²) in [5, 5.41) is 11.4. The minimum Gasteiger partial charge on any atom is -0.489 e. The van der Waals surface area contributed by atoms with E-state index in [-0.39, 0.29) is 28.7 Å². The first kappa shape index (κ1) is 30.1. The van der Waals surface area contributed by atoms with Crippen LogP contribution in [0.2, 0.25) is 0 Å². The summed E-state index contributed by atoms with van der Waals surface area (Å²) in [5.74, 6) is 0.183. The van der Waals surface area contributed by atoms with Crippen LogP contribution in [0.1, 0.15) is 55.3 Å². The molecule has 2 aliphatic heterocycles. The van der Waals surface area contributed by atoms with E-state index in [1.54, 1.807) is 19.4 Å². The van der Waals surface area contributed by atoms with E-state index in [9.17, 15) is 14.9 Å². The molecule has 1 saturated heterocycles. The second-order valence-corrected chi connectivity index (χ2v) is 12.7. The van der Waals surface area contributed by atoms with Crippen LogP contribution in [0.3, 0.4) is 0 Å². The average Bonchev–Trinajstić information content (AvgIpc) is 3.81. The third-order valence-electron chi connectivity index (χ3n) is 9.49. The number of methoxy groups -OCH3 is 1. The molecule has 7 rings (SSSR count). The molecule has 1 saturated carbocycles. The molecular weight excluding hydrogens is 593 g/mol. The molecule has 240 valence electrons. The predicted molar refractivity (Wildman–Crippen MR) is 170 cm³/mol. The molecule has 0 bridgehead atoms. The standard InChI is InChI=1S/C33H36FN7O5/c1-20-19-46-32-29(33(35)8-9-33)26(34)13-25-30(32)40(20)17-22(31(25)42)16-39(15-21-7-10-36-28(12-21)45-2)24-4-3-11-38(18-24)23-5-6-27(37-14-23)41(43)44/h5-7,10,12-14,17,20,24H,3-4,8-9,11,15-16,18-19,35H2,1-2H3/t20?,24-/m0/s1. The Labute approximate surface area is 264 Å². The number of nitro groups is 1. The number of hydrogen-bond acceptors (Lipinski definition) is 10. The highest BCUT2D eigenvalue weighted by Gasteiger charge is 2.46. The van der Waals surface area contributed by atoms with Gasteiger partial charge in [-0.1, -0.05) is 0 Å². The first-order valence-electron chi connectivity index (χ1n) is 15.6. The summed E-state index contributed by atoms with van der Waals surface area (Å²) in [6, 6.07) is 8.25. The Morgan fingerprint density at radius 2 is 2.07 bits per heavy atom. The van der Waals surface area contributed by atoms with Crippen LogP contribution in [0.5, 0.6) is 11.6 Å². The van der Waals surface area contributed by atoms with E-state index < -0.39 is 16.3 Å². The van der Waals surface area contributed by atoms with Gasteiger partial charge in [0.25, 0.3) is 0 Å². The van der Waals surface area contributed by atoms with E-state index in [0.717, 1.165) is 30.6 Å². The number of anilines is 1. The van der Waals surface area contributed by atoms with E-state index in [1.165, 1.54) is 18.3 Å². The minimum absolute atomic E-state index is 0.0296. The Bertz CT molecular complexity index is 1880. The summed E-state index contributed by atoms with van der Waals surface area (Å²) in [7, 11) is 1.57. The maximum atomic E-state index is 15.7. The molecule has 0 spiro atoms. The highest BCUT2D eigenvalue weighted by molar-refractivity contribution is 5.88. The van der Waals surface area contributed by atoms with Crippen LogP contribution in [0.25, 0.3) is 10.9 Å². The van der Waals surface area contributed by atoms with Gasteiger partial charge < -0.3 is 34.8 Å². The monoisotopic (exact) mass is 629 g/mol. The number of rotatable bonds is 9. The van der Waals surface area contributed by atoms with Gasteiger partial charge in [-0.3, -0.25) is 9.69 Å². The number of halogens is 1. The lowest BCUT2D eigenvalue weighted by Crippen LogP contribution is -2.48. The smallest absolute Gasteiger partial charge is 0.363 e. The summed E-state index contributed by atoms with van der Waals surface area (Å²) in [6.07, 6.45) is 8.25. The molecule has 2 atom stereocenters. The molecule has 4 aromatic rings. The van der Waals surface area contributed by atoms with Gasteiger partial charge in [-0.15, -0.1) is 0 Å². The molecule has 2 N–H and O–H groups in total. The van der Waals surface area contributed by atoms with Gasteiger partial charge in [0.05, 0.1) is 35.3 Å². The molecule has 13 heteroatoms. The van der Waals surface area contributed by atoms with Gasteiger partial charge in [0, 0.05) is 67.8 Å². The van der Waals surface area contributed by atoms with Crippen molar-refractivity contribution < 1.29 is 18.8 Å². The topological polar surface area (TPSA) is 142 Å². The Morgan fingerprint density at radius 3 is 2.78 bits per heavy atom. The van der Waals surface area contributed by atoms with Gasteiger partial charge in [0.15, 0.2) is 17.4 Å². The van der Waals surface area contributed by atoms with Crippen molar-refractivity contribution in [2.75, 3.05) is 31.7 Å². The third-order valence-corrected chi connectivity index (χ3v) is 9.49. The van der Waals surface area contributed by atoms with Gasteiger partial charge >= 0.3 is 5.82 Å². The third kappa shape index (κ3) is 5.43. The number of ether oxygens (including phenoxy) is 2. The number of nitrogens with two attached hydrogens (primary N) is 1. The van der Waals surface area contributed by atoms with E-state index in [1.807, 2.05) is 29.8 Å². The van der Waals surface area contributed by atoms with Crippen LogP contribution in [0.15, 0.2) is 53.7 Å². The predicted octanol–water partition coefficient (Wildman–Crippen LogP) is 4.42. The Balaban J connectivity index is 1.27. The summed E-state index contributed by atoms with van der Waals surface area (Å²) >= 11 is 0. The lowest BCUT2D eigenvalue weighted by Gasteiger charge is -2.40. The number of nitrogens with zero attached hydrogens (tertiary/aromatic N) is 6. The first-order valence-corrected chi connectivity index (χ1v) is 15.6. The fourth-order valence-electron chi connectivity index (χ4n) is 6.83. The van der Waals surface area contributed by atoms with Crippen LogP contribution in [0, 0.1) is 15.9 Å². The van der Waals surface area contributed by atoms with Crippen molar-refractivity contribution in [1.82, 2.24) is 19.4 Å². The Hall–Kier alpha value is -4.62. The van der Waals surface area contributed by atoms with Crippen molar-refractivity contribution in [1.29, 1.82) is 0 Å². The lowest BCUT2D eigenvalue weighted by molar-refractivity contribution is -0.389. The maximum Gasteiger partial charge on any atom is 0.363 e. The van der Waals surface area contributed by atoms with E-state index in [2.05, 4.69) is 19.8 Å². The van der Waals surface area contributed by atoms with Gasteiger partial charge in [-0.25, -0.2) is 9.37 Å². The van der Waals surface area contributed by atoms with Crippen LogP contribution < -0.4 is 25.5 Å². The molecule has 3 aliphatic rings. The quantitative estimate of drug-likeness (QED) is 0.209. The van der Waals surface area contributed by atoms with E-state index >= 15 is 4.39 Å². The van der Waals surface area contributed by atoms with Crippen LogP contribution in [-0.4, -0.2) is 57.2 Å². The van der Waals surface area contributed by atoms with Crippen molar-refractivity contribution in [3.63, 3.8) is 0 Å². The summed E-state index contributed by atoms with van der Waals surface area (Å²) in [6.45, 7) is 4.62. The molecule has 1 unspecified atom stereocenters. The maximum absolute atomic E-state index is 15.7. The fraction of sp³-hybridized carbons (Fsp3) is 0.424. The van der Waals surface area contributed by atoms with Crippen molar-refractivity contribution in [3.8, 4) is 11.6 Å². The largest absolute Gasteiger partial charge is 0.489 e. The zero-order valence-electron chi connectivity index (χ0n) is 25.8. The number of piperidine rings is 1. The summed E-state index contributed by atoms with van der Waals surface area (Å²) in [5.41, 5.74) is 8.76. The first-order chi connectivity index (χ1) is 22.1. The molecule has 2 fully saturated rings. The molecule has 0 amide bonds. The molecular formula is C33H36FN7O5. The highest BCUT2D eigenvalue weighted by atomic mass is 19.1. The fourth-order valence-corrected chi connectivity index (χ4v) is 6.83. The van der Waals surface area contributed by atoms with Gasteiger partial charge in [-0.05, 0) is 66.3 Å². The zero-order valence-corrected chi connectivity index (χ0v) is 25.8. The normalized spacial score (nSPS) is 20.1. The number of benzene rings is 1. The number of hydrogen-bond donors (Lipinski definition) is 1. The van der Waals surface area contributed by atoms with Crippen molar-refractivity contribution in [2.24, 2.45) is 5.73 Å². The average molecular weight is 630 g/mol. The zero-order chi connectivity index (χ0) is 32.2. The molecule has 1 aromatic carbocycles. The van der Waals surface area contributed by atoms with Gasteiger partial charge in [0.2, 0.25) is 5.88 Å². The van der Waals surface area contributed by atoms with Gasteiger partial charge in [0.1, 0.15) is 12.4 Å². The van der Waals surface area contributed by atoms with E-state index in [0.29, 0.717) is 67.4 Å². The second kappa shape index (κ2) is 11.6. The van der Waals surface area contributed by atoms with Crippen molar-refractivity contribution in [3.05, 3.63) is 91.8 Å². The van der Waals surface area contributed by atoms with E-state index in [4.69, 9.17) is 15.2 Å². The lowest BCUT2D eigenvalue weighted by atomic mass is 9.97. The Kier molecular flexibility index (Phi) is 7.60. The van der Waals surface area contributed by atoms with Crippen LogP contribution in [-0.2, 0) is 18.6 Å². The Morgan fingerprint density at radius 1 is 1.24 bits per heavy atom. The summed E-state index contributed by atoms with van der Waals surface area (Å²) < 4.78 is 29.2. The van der Waals surface area contributed by atoms with Crippen molar-refractivity contribution in [2.45, 2.75) is 63.3 Å². The molecule has 0 radical (unpaired) electrons. The van der Waals surface area contributed by atoms with Crippen LogP contribution in [0.4, 0.5) is 15.9 Å². The number of aromatic nitrogens is 3. The molecule has 1 aliphatic carbocycles. The molecule has 5 heterocycles. The molecule has 12 nitrogen and oxygen atoms in total. The minimum atomic E-state index is -0.762.